The van der Waals surface area contributed by atoms with E-state index in [4.69, 9.17) is 4.74 Å². The number of hydrogen-bond acceptors (Lipinski definition) is 2. The molecule has 0 spiro atoms. The summed E-state index contributed by atoms with van der Waals surface area (Å²) in [6.45, 7) is 3.11. The number of nitrogens with one attached hydrogen (secondary N) is 1. The summed E-state index contributed by atoms with van der Waals surface area (Å²) < 4.78 is 5.70. The molecule has 3 rings (SSSR count). The summed E-state index contributed by atoms with van der Waals surface area (Å²) in [5, 5.41) is 3.43. The summed E-state index contributed by atoms with van der Waals surface area (Å²) in [5.74, 6) is 2.47. The Morgan fingerprint density at radius 2 is 2.15 bits per heavy atom. The van der Waals surface area contributed by atoms with E-state index in [0.717, 1.165) is 25.4 Å². The van der Waals surface area contributed by atoms with Crippen LogP contribution in [0, 0.1) is 5.92 Å². The van der Waals surface area contributed by atoms with Crippen molar-refractivity contribution < 1.29 is 4.74 Å². The number of fused-ring (bicyclic) bond motifs is 3. The van der Waals surface area contributed by atoms with Crippen molar-refractivity contribution in [3.05, 3.63) is 29.8 Å². The maximum atomic E-state index is 5.70. The van der Waals surface area contributed by atoms with Crippen LogP contribution in [0.5, 0.6) is 5.75 Å². The summed E-state index contributed by atoms with van der Waals surface area (Å²) in [5.41, 5.74) is 1.39. The van der Waals surface area contributed by atoms with Gasteiger partial charge in [-0.3, -0.25) is 0 Å². The molecule has 68 valence electrons. The molecule has 0 aromatic heterocycles. The third-order valence-electron chi connectivity index (χ3n) is 3.11. The molecule has 2 atom stereocenters. The molecule has 0 saturated carbocycles. The van der Waals surface area contributed by atoms with Gasteiger partial charge >= 0.3 is 0 Å². The first kappa shape index (κ1) is 7.39. The van der Waals surface area contributed by atoms with Crippen LogP contribution in [0.3, 0.4) is 0 Å². The molecule has 1 N–H and O–H groups in total. The first-order valence-corrected chi connectivity index (χ1v) is 4.87. The van der Waals surface area contributed by atoms with E-state index in [-0.39, 0.29) is 0 Å². The minimum atomic E-state index is 0.685. The highest BCUT2D eigenvalue weighted by Gasteiger charge is 2.34. The van der Waals surface area contributed by atoms with E-state index >= 15 is 0 Å². The number of rotatable bonds is 0. The van der Waals surface area contributed by atoms with Gasteiger partial charge in [0, 0.05) is 24.9 Å². The fourth-order valence-corrected chi connectivity index (χ4v) is 2.39. The summed E-state index contributed by atoms with van der Waals surface area (Å²) >= 11 is 0. The maximum absolute atomic E-state index is 5.70. The lowest BCUT2D eigenvalue weighted by molar-refractivity contribution is 0.219. The van der Waals surface area contributed by atoms with Crippen LogP contribution in [0.2, 0.25) is 0 Å². The average molecular weight is 175 g/mol. The minimum Gasteiger partial charge on any atom is -0.493 e. The number of benzene rings is 1. The van der Waals surface area contributed by atoms with E-state index in [1.54, 1.807) is 0 Å². The van der Waals surface area contributed by atoms with Gasteiger partial charge in [-0.05, 0) is 11.6 Å². The lowest BCUT2D eigenvalue weighted by Gasteiger charge is -2.27. The quantitative estimate of drug-likeness (QED) is 0.643. The van der Waals surface area contributed by atoms with E-state index in [0.29, 0.717) is 11.8 Å². The fraction of sp³-hybridized carbons (Fsp3) is 0.455. The smallest absolute Gasteiger partial charge is 0.122 e. The molecule has 0 amide bonds. The van der Waals surface area contributed by atoms with E-state index < -0.39 is 0 Å². The van der Waals surface area contributed by atoms with Crippen LogP contribution in [0.15, 0.2) is 24.3 Å². The molecule has 1 aromatic carbocycles. The van der Waals surface area contributed by atoms with Crippen molar-refractivity contribution in [2.45, 2.75) is 5.92 Å². The highest BCUT2D eigenvalue weighted by molar-refractivity contribution is 5.39. The molecule has 13 heavy (non-hydrogen) atoms. The Bertz CT molecular complexity index is 324. The van der Waals surface area contributed by atoms with Gasteiger partial charge < -0.3 is 10.1 Å². The van der Waals surface area contributed by atoms with Crippen molar-refractivity contribution in [2.75, 3.05) is 19.7 Å². The van der Waals surface area contributed by atoms with E-state index in [9.17, 15) is 0 Å². The normalized spacial score (nSPS) is 30.5. The predicted octanol–water partition coefficient (Wildman–Crippen LogP) is 1.38. The zero-order valence-corrected chi connectivity index (χ0v) is 7.49. The first-order chi connectivity index (χ1) is 6.45. The fourth-order valence-electron chi connectivity index (χ4n) is 2.39. The summed E-state index contributed by atoms with van der Waals surface area (Å²) in [7, 11) is 0. The Hall–Kier alpha value is -1.02. The highest BCUT2D eigenvalue weighted by atomic mass is 16.5. The lowest BCUT2D eigenvalue weighted by Crippen LogP contribution is -2.24. The predicted molar refractivity (Wildman–Crippen MR) is 51.0 cm³/mol. The topological polar surface area (TPSA) is 21.3 Å². The Morgan fingerprint density at radius 1 is 1.23 bits per heavy atom. The third kappa shape index (κ3) is 1.05. The van der Waals surface area contributed by atoms with Crippen molar-refractivity contribution in [2.24, 2.45) is 5.92 Å². The van der Waals surface area contributed by atoms with Crippen LogP contribution in [0.25, 0.3) is 0 Å². The Kier molecular flexibility index (Phi) is 1.56. The zero-order valence-electron chi connectivity index (χ0n) is 7.49. The first-order valence-electron chi connectivity index (χ1n) is 4.87. The molecule has 1 aromatic rings. The van der Waals surface area contributed by atoms with Crippen LogP contribution in [-0.2, 0) is 0 Å². The number of ether oxygens (including phenoxy) is 1. The molecule has 2 heterocycles. The van der Waals surface area contributed by atoms with E-state index in [1.807, 2.05) is 6.07 Å². The number of hydrogen-bond donors (Lipinski definition) is 1. The largest absolute Gasteiger partial charge is 0.493 e. The van der Waals surface area contributed by atoms with Crippen molar-refractivity contribution in [1.82, 2.24) is 5.32 Å². The molecule has 1 saturated heterocycles. The Labute approximate surface area is 77.9 Å². The molecule has 0 unspecified atom stereocenters. The van der Waals surface area contributed by atoms with E-state index in [1.165, 1.54) is 5.56 Å². The van der Waals surface area contributed by atoms with Gasteiger partial charge in [-0.1, -0.05) is 18.2 Å². The zero-order chi connectivity index (χ0) is 8.67. The van der Waals surface area contributed by atoms with Crippen molar-refractivity contribution in [3.8, 4) is 5.75 Å². The molecule has 1 fully saturated rings. The van der Waals surface area contributed by atoms with Crippen molar-refractivity contribution >= 4 is 0 Å². The third-order valence-corrected chi connectivity index (χ3v) is 3.11. The number of para-hydroxylation sites is 1. The Morgan fingerprint density at radius 3 is 3.15 bits per heavy atom. The molecule has 2 aliphatic rings. The van der Waals surface area contributed by atoms with Gasteiger partial charge in [-0.15, -0.1) is 0 Å². The molecular formula is C11H13NO. The van der Waals surface area contributed by atoms with Crippen LogP contribution in [0.4, 0.5) is 0 Å². The molecular weight excluding hydrogens is 162 g/mol. The Balaban J connectivity index is 2.06. The second-order valence-electron chi connectivity index (χ2n) is 3.87. The lowest BCUT2D eigenvalue weighted by atomic mass is 9.87. The SMILES string of the molecule is c1ccc2c(c1)OC[C@@H]1CNC[C@@H]21. The van der Waals surface area contributed by atoms with Gasteiger partial charge in [-0.25, -0.2) is 0 Å². The summed E-state index contributed by atoms with van der Waals surface area (Å²) in [6.07, 6.45) is 0. The van der Waals surface area contributed by atoms with Crippen molar-refractivity contribution in [3.63, 3.8) is 0 Å². The van der Waals surface area contributed by atoms with Gasteiger partial charge in [-0.2, -0.15) is 0 Å². The van der Waals surface area contributed by atoms with Gasteiger partial charge in [0.2, 0.25) is 0 Å². The van der Waals surface area contributed by atoms with Crippen LogP contribution in [-0.4, -0.2) is 19.7 Å². The minimum absolute atomic E-state index is 0.685. The standard InChI is InChI=1S/C11H13NO/c1-2-4-11-9(3-1)10-6-12-5-8(10)7-13-11/h1-4,8,10,12H,5-7H2/t8-,10+/m0/s1. The molecule has 2 heteroatoms. The van der Waals surface area contributed by atoms with Crippen LogP contribution >= 0.6 is 0 Å². The second kappa shape index (κ2) is 2.74. The maximum Gasteiger partial charge on any atom is 0.122 e. The second-order valence-corrected chi connectivity index (χ2v) is 3.87. The monoisotopic (exact) mass is 175 g/mol. The highest BCUT2D eigenvalue weighted by Crippen LogP contribution is 2.38. The molecule has 0 radical (unpaired) electrons. The van der Waals surface area contributed by atoms with Gasteiger partial charge in [0.15, 0.2) is 0 Å². The summed E-state index contributed by atoms with van der Waals surface area (Å²) in [4.78, 5) is 0. The van der Waals surface area contributed by atoms with Gasteiger partial charge in [0.25, 0.3) is 0 Å². The van der Waals surface area contributed by atoms with Crippen LogP contribution in [0.1, 0.15) is 11.5 Å². The summed E-state index contributed by atoms with van der Waals surface area (Å²) in [6, 6.07) is 8.41. The van der Waals surface area contributed by atoms with Gasteiger partial charge in [0.05, 0.1) is 6.61 Å². The molecule has 2 aliphatic heterocycles. The molecule has 0 aliphatic carbocycles. The van der Waals surface area contributed by atoms with E-state index in [2.05, 4.69) is 23.5 Å². The average Bonchev–Trinajstić information content (AvgIpc) is 2.65. The molecule has 2 nitrogen and oxygen atoms in total. The van der Waals surface area contributed by atoms with Crippen molar-refractivity contribution in [1.29, 1.82) is 0 Å². The van der Waals surface area contributed by atoms with Gasteiger partial charge in [0.1, 0.15) is 5.75 Å². The molecule has 0 bridgehead atoms. The van der Waals surface area contributed by atoms with Crippen LogP contribution < -0.4 is 10.1 Å².